The molecule has 2 heterocycles. The molecule has 1 aromatic rings. The number of likely N-dealkylation sites (N-methyl/N-ethyl adjacent to an activating group) is 1. The summed E-state index contributed by atoms with van der Waals surface area (Å²) in [4.78, 5) is 6.69. The van der Waals surface area contributed by atoms with E-state index in [-0.39, 0.29) is 0 Å². The van der Waals surface area contributed by atoms with Gasteiger partial charge in [-0.25, -0.2) is 0 Å². The Hall–Kier alpha value is -0.970. The molecule has 1 aliphatic heterocycles. The molecule has 1 fully saturated rings. The molecule has 1 aliphatic rings. The summed E-state index contributed by atoms with van der Waals surface area (Å²) in [6.45, 7) is 6.81. The van der Waals surface area contributed by atoms with Gasteiger partial charge in [-0.2, -0.15) is 0 Å². The van der Waals surface area contributed by atoms with Crippen LogP contribution in [0.15, 0.2) is 24.4 Å². The van der Waals surface area contributed by atoms with Gasteiger partial charge in [-0.1, -0.05) is 13.0 Å². The lowest BCUT2D eigenvalue weighted by Gasteiger charge is -2.24. The minimum atomic E-state index is 0.501. The number of aromatic nitrogens is 1. The van der Waals surface area contributed by atoms with Crippen molar-refractivity contribution in [3.8, 4) is 0 Å². The highest BCUT2D eigenvalue weighted by Crippen LogP contribution is 2.15. The lowest BCUT2D eigenvalue weighted by Crippen LogP contribution is -2.40. The Morgan fingerprint density at radius 2 is 2.33 bits per heavy atom. The van der Waals surface area contributed by atoms with Gasteiger partial charge in [-0.3, -0.25) is 4.98 Å². The second-order valence-corrected chi connectivity index (χ2v) is 4.98. The largest absolute Gasteiger partial charge is 0.379 e. The van der Waals surface area contributed by atoms with Gasteiger partial charge < -0.3 is 15.0 Å². The van der Waals surface area contributed by atoms with Gasteiger partial charge in [0, 0.05) is 31.2 Å². The lowest BCUT2D eigenvalue weighted by atomic mass is 10.0. The molecule has 0 radical (unpaired) electrons. The third kappa shape index (κ3) is 3.77. The monoisotopic (exact) mass is 249 g/mol. The summed E-state index contributed by atoms with van der Waals surface area (Å²) < 4.78 is 5.57. The maximum atomic E-state index is 5.57. The highest BCUT2D eigenvalue weighted by Gasteiger charge is 2.28. The van der Waals surface area contributed by atoms with Crippen LogP contribution in [-0.4, -0.2) is 49.3 Å². The Kier molecular flexibility index (Phi) is 5.11. The van der Waals surface area contributed by atoms with Crippen LogP contribution in [0.4, 0.5) is 0 Å². The van der Waals surface area contributed by atoms with Crippen LogP contribution in [0, 0.1) is 5.92 Å². The number of ether oxygens (including phenoxy) is 1. The second-order valence-electron chi connectivity index (χ2n) is 4.98. The van der Waals surface area contributed by atoms with Crippen LogP contribution in [-0.2, 0) is 11.3 Å². The summed E-state index contributed by atoms with van der Waals surface area (Å²) in [6.07, 6.45) is 1.85. The topological polar surface area (TPSA) is 37.4 Å². The Morgan fingerprint density at radius 1 is 1.44 bits per heavy atom. The average molecular weight is 249 g/mol. The molecule has 1 N–H and O–H groups in total. The molecule has 100 valence electrons. The fourth-order valence-electron chi connectivity index (χ4n) is 2.50. The molecule has 1 aromatic heterocycles. The van der Waals surface area contributed by atoms with E-state index in [0.29, 0.717) is 12.0 Å². The Bertz CT molecular complexity index is 344. The zero-order valence-electron chi connectivity index (χ0n) is 11.3. The molecule has 0 spiro atoms. The molecule has 0 saturated carbocycles. The SMILES string of the molecule is CCNC1COCC1CN(C)Cc1ccccn1. The highest BCUT2D eigenvalue weighted by atomic mass is 16.5. The van der Waals surface area contributed by atoms with Crippen molar-refractivity contribution < 1.29 is 4.74 Å². The number of nitrogens with one attached hydrogen (secondary N) is 1. The summed E-state index contributed by atoms with van der Waals surface area (Å²) in [5.41, 5.74) is 1.12. The number of rotatable bonds is 6. The molecule has 4 nitrogen and oxygen atoms in total. The van der Waals surface area contributed by atoms with Gasteiger partial charge in [-0.05, 0) is 25.7 Å². The lowest BCUT2D eigenvalue weighted by molar-refractivity contribution is 0.172. The van der Waals surface area contributed by atoms with Crippen molar-refractivity contribution in [1.82, 2.24) is 15.2 Å². The van der Waals surface area contributed by atoms with Crippen LogP contribution in [0.25, 0.3) is 0 Å². The van der Waals surface area contributed by atoms with Crippen molar-refractivity contribution in [1.29, 1.82) is 0 Å². The summed E-state index contributed by atoms with van der Waals surface area (Å²) in [6, 6.07) is 6.57. The fraction of sp³-hybridized carbons (Fsp3) is 0.643. The number of hydrogen-bond donors (Lipinski definition) is 1. The Balaban J connectivity index is 1.81. The van der Waals surface area contributed by atoms with E-state index in [2.05, 4.69) is 35.2 Å². The molecule has 2 atom stereocenters. The van der Waals surface area contributed by atoms with Gasteiger partial charge in [-0.15, -0.1) is 0 Å². The maximum absolute atomic E-state index is 5.57. The van der Waals surface area contributed by atoms with Crippen LogP contribution in [0.2, 0.25) is 0 Å². The van der Waals surface area contributed by atoms with Crippen molar-refractivity contribution >= 4 is 0 Å². The van der Waals surface area contributed by atoms with Gasteiger partial charge in [0.25, 0.3) is 0 Å². The van der Waals surface area contributed by atoms with Crippen LogP contribution >= 0.6 is 0 Å². The van der Waals surface area contributed by atoms with Gasteiger partial charge >= 0.3 is 0 Å². The number of hydrogen-bond acceptors (Lipinski definition) is 4. The first-order valence-electron chi connectivity index (χ1n) is 6.69. The van der Waals surface area contributed by atoms with E-state index in [4.69, 9.17) is 4.74 Å². The first-order valence-corrected chi connectivity index (χ1v) is 6.69. The quantitative estimate of drug-likeness (QED) is 0.820. The van der Waals surface area contributed by atoms with E-state index < -0.39 is 0 Å². The molecule has 0 amide bonds. The Morgan fingerprint density at radius 3 is 3.06 bits per heavy atom. The highest BCUT2D eigenvalue weighted by molar-refractivity contribution is 5.03. The molecule has 0 aliphatic carbocycles. The zero-order valence-corrected chi connectivity index (χ0v) is 11.3. The molecule has 2 unspecified atom stereocenters. The molecule has 1 saturated heterocycles. The molecular weight excluding hydrogens is 226 g/mol. The van der Waals surface area contributed by atoms with Crippen LogP contribution < -0.4 is 5.32 Å². The summed E-state index contributed by atoms with van der Waals surface area (Å²) >= 11 is 0. The van der Waals surface area contributed by atoms with Crippen molar-refractivity contribution in [3.05, 3.63) is 30.1 Å². The van der Waals surface area contributed by atoms with Crippen LogP contribution in [0.5, 0.6) is 0 Å². The third-order valence-corrected chi connectivity index (χ3v) is 3.37. The normalized spacial score (nSPS) is 23.7. The molecule has 0 aromatic carbocycles. The first-order chi connectivity index (χ1) is 8.79. The van der Waals surface area contributed by atoms with E-state index in [1.165, 1.54) is 0 Å². The van der Waals surface area contributed by atoms with E-state index in [1.807, 2.05) is 18.3 Å². The van der Waals surface area contributed by atoms with Gasteiger partial charge in [0.1, 0.15) is 0 Å². The molecule has 18 heavy (non-hydrogen) atoms. The van der Waals surface area contributed by atoms with Crippen molar-refractivity contribution in [3.63, 3.8) is 0 Å². The molecule has 0 bridgehead atoms. The minimum Gasteiger partial charge on any atom is -0.379 e. The molecular formula is C14H23N3O. The number of pyridine rings is 1. The maximum Gasteiger partial charge on any atom is 0.0623 e. The first kappa shape index (κ1) is 13.5. The summed E-state index contributed by atoms with van der Waals surface area (Å²) in [7, 11) is 2.15. The minimum absolute atomic E-state index is 0.501. The van der Waals surface area contributed by atoms with Gasteiger partial charge in [0.05, 0.1) is 18.9 Å². The van der Waals surface area contributed by atoms with Gasteiger partial charge in [0.2, 0.25) is 0 Å². The van der Waals surface area contributed by atoms with Crippen molar-refractivity contribution in [2.75, 3.05) is 33.4 Å². The van der Waals surface area contributed by atoms with E-state index in [1.54, 1.807) is 0 Å². The van der Waals surface area contributed by atoms with E-state index >= 15 is 0 Å². The standard InChI is InChI=1S/C14H23N3O/c1-3-15-14-11-18-10-12(14)8-17(2)9-13-6-4-5-7-16-13/h4-7,12,14-15H,3,8-11H2,1-2H3. The average Bonchev–Trinajstić information content (AvgIpc) is 2.78. The summed E-state index contributed by atoms with van der Waals surface area (Å²) in [5, 5.41) is 3.50. The van der Waals surface area contributed by atoms with Gasteiger partial charge in [0.15, 0.2) is 0 Å². The van der Waals surface area contributed by atoms with Crippen LogP contribution in [0.3, 0.4) is 0 Å². The van der Waals surface area contributed by atoms with Crippen molar-refractivity contribution in [2.24, 2.45) is 5.92 Å². The Labute approximate surface area is 109 Å². The zero-order chi connectivity index (χ0) is 12.8. The number of nitrogens with zero attached hydrogens (tertiary/aromatic N) is 2. The second kappa shape index (κ2) is 6.83. The smallest absolute Gasteiger partial charge is 0.0623 e. The van der Waals surface area contributed by atoms with E-state index in [9.17, 15) is 0 Å². The summed E-state index contributed by atoms with van der Waals surface area (Å²) in [5.74, 6) is 0.582. The third-order valence-electron chi connectivity index (χ3n) is 3.37. The fourth-order valence-corrected chi connectivity index (χ4v) is 2.50. The molecule has 4 heteroatoms. The predicted octanol–water partition coefficient (Wildman–Crippen LogP) is 1.14. The predicted molar refractivity (Wildman–Crippen MR) is 72.3 cm³/mol. The molecule has 2 rings (SSSR count). The van der Waals surface area contributed by atoms with Crippen LogP contribution in [0.1, 0.15) is 12.6 Å². The van der Waals surface area contributed by atoms with Crippen molar-refractivity contribution in [2.45, 2.75) is 19.5 Å². The van der Waals surface area contributed by atoms with E-state index in [0.717, 1.165) is 38.5 Å².